The summed E-state index contributed by atoms with van der Waals surface area (Å²) in [6, 6.07) is 0. The van der Waals surface area contributed by atoms with Crippen molar-refractivity contribution in [3.63, 3.8) is 0 Å². The molecule has 1 rings (SSSR count). The lowest BCUT2D eigenvalue weighted by atomic mass is 10.3. The molecule has 0 saturated heterocycles. The van der Waals surface area contributed by atoms with Crippen molar-refractivity contribution in [3.8, 4) is 11.8 Å². The van der Waals surface area contributed by atoms with Crippen molar-refractivity contribution < 1.29 is 4.79 Å². The highest BCUT2D eigenvalue weighted by molar-refractivity contribution is 8.13. The lowest BCUT2D eigenvalue weighted by molar-refractivity contribution is -0.109. The average Bonchev–Trinajstić information content (AvgIpc) is 2.15. The summed E-state index contributed by atoms with van der Waals surface area (Å²) in [6.45, 7) is 1.49. The van der Waals surface area contributed by atoms with E-state index < -0.39 is 5.69 Å². The highest BCUT2D eigenvalue weighted by atomic mass is 32.2. The Morgan fingerprint density at radius 1 is 1.71 bits per heavy atom. The number of H-pyrrole nitrogens is 1. The van der Waals surface area contributed by atoms with E-state index >= 15 is 0 Å². The summed E-state index contributed by atoms with van der Waals surface area (Å²) >= 11 is 1.15. The SMILES string of the molecule is CC(=O)SCC#Cc1cnc(=O)[nH]c1. The fourth-order valence-corrected chi connectivity index (χ4v) is 1.03. The molecule has 0 fully saturated rings. The average molecular weight is 208 g/mol. The van der Waals surface area contributed by atoms with E-state index in [2.05, 4.69) is 21.8 Å². The van der Waals surface area contributed by atoms with Crippen LogP contribution in [0.2, 0.25) is 0 Å². The zero-order valence-electron chi connectivity index (χ0n) is 7.53. The van der Waals surface area contributed by atoms with Crippen LogP contribution in [0.5, 0.6) is 0 Å². The zero-order valence-corrected chi connectivity index (χ0v) is 8.35. The van der Waals surface area contributed by atoms with Crippen LogP contribution in [0.1, 0.15) is 12.5 Å². The number of nitrogens with zero attached hydrogens (tertiary/aromatic N) is 1. The van der Waals surface area contributed by atoms with Gasteiger partial charge in [-0.05, 0) is 0 Å². The van der Waals surface area contributed by atoms with Crippen LogP contribution in [0.15, 0.2) is 17.2 Å². The van der Waals surface area contributed by atoms with Crippen LogP contribution in [0.3, 0.4) is 0 Å². The van der Waals surface area contributed by atoms with Crippen LogP contribution in [0, 0.1) is 11.8 Å². The molecule has 0 amide bonds. The summed E-state index contributed by atoms with van der Waals surface area (Å²) in [5.41, 5.74) is 0.238. The number of rotatable bonds is 1. The van der Waals surface area contributed by atoms with Gasteiger partial charge in [0.1, 0.15) is 0 Å². The van der Waals surface area contributed by atoms with E-state index in [0.717, 1.165) is 11.8 Å². The molecule has 14 heavy (non-hydrogen) atoms. The van der Waals surface area contributed by atoms with Gasteiger partial charge in [0.05, 0.1) is 11.3 Å². The number of carbonyl (C=O) groups is 1. The van der Waals surface area contributed by atoms with E-state index in [1.807, 2.05) is 0 Å². The molecule has 0 saturated carbocycles. The molecule has 0 spiro atoms. The van der Waals surface area contributed by atoms with Crippen LogP contribution in [0.25, 0.3) is 0 Å². The molecule has 72 valence electrons. The first-order chi connectivity index (χ1) is 6.68. The highest BCUT2D eigenvalue weighted by Crippen LogP contribution is 1.98. The Balaban J connectivity index is 2.55. The zero-order chi connectivity index (χ0) is 10.4. The van der Waals surface area contributed by atoms with E-state index in [1.54, 1.807) is 0 Å². The topological polar surface area (TPSA) is 62.8 Å². The van der Waals surface area contributed by atoms with Gasteiger partial charge in [-0.3, -0.25) is 4.79 Å². The number of hydrogen-bond acceptors (Lipinski definition) is 4. The smallest absolute Gasteiger partial charge is 0.311 e. The summed E-state index contributed by atoms with van der Waals surface area (Å²) in [6.07, 6.45) is 2.88. The maximum absolute atomic E-state index is 10.6. The lowest BCUT2D eigenvalue weighted by Crippen LogP contribution is -2.08. The Hall–Kier alpha value is -1.54. The molecule has 0 radical (unpaired) electrons. The first kappa shape index (κ1) is 10.5. The number of thioether (sulfide) groups is 1. The molecule has 1 aromatic rings. The third-order valence-corrected chi connectivity index (χ3v) is 1.95. The third-order valence-electron chi connectivity index (χ3n) is 1.25. The Morgan fingerprint density at radius 3 is 3.07 bits per heavy atom. The third kappa shape index (κ3) is 3.92. The second-order valence-corrected chi connectivity index (χ2v) is 3.54. The second kappa shape index (κ2) is 5.25. The minimum Gasteiger partial charge on any atom is -0.311 e. The van der Waals surface area contributed by atoms with Crippen LogP contribution in [-0.4, -0.2) is 20.8 Å². The van der Waals surface area contributed by atoms with E-state index in [-0.39, 0.29) is 5.12 Å². The highest BCUT2D eigenvalue weighted by Gasteiger charge is 1.89. The van der Waals surface area contributed by atoms with E-state index in [9.17, 15) is 9.59 Å². The molecule has 0 unspecified atom stereocenters. The van der Waals surface area contributed by atoms with Gasteiger partial charge in [0.25, 0.3) is 0 Å². The van der Waals surface area contributed by atoms with Crippen molar-refractivity contribution in [2.24, 2.45) is 0 Å². The van der Waals surface area contributed by atoms with Gasteiger partial charge in [-0.2, -0.15) is 0 Å². The Labute approximate surface area is 85.1 Å². The maximum Gasteiger partial charge on any atom is 0.344 e. The van der Waals surface area contributed by atoms with Gasteiger partial charge >= 0.3 is 5.69 Å². The molecular formula is C9H8N2O2S. The molecule has 1 heterocycles. The molecule has 0 bridgehead atoms. The van der Waals surface area contributed by atoms with Gasteiger partial charge in [0.15, 0.2) is 5.12 Å². The second-order valence-electron chi connectivity index (χ2n) is 2.39. The number of carbonyl (C=O) groups excluding carboxylic acids is 1. The van der Waals surface area contributed by atoms with Gasteiger partial charge in [0, 0.05) is 19.3 Å². The van der Waals surface area contributed by atoms with E-state index in [0.29, 0.717) is 11.3 Å². The fourth-order valence-electron chi connectivity index (χ4n) is 0.686. The molecule has 0 aromatic carbocycles. The van der Waals surface area contributed by atoms with E-state index in [4.69, 9.17) is 0 Å². The van der Waals surface area contributed by atoms with Gasteiger partial charge in [0.2, 0.25) is 0 Å². The van der Waals surface area contributed by atoms with Crippen molar-refractivity contribution in [1.82, 2.24) is 9.97 Å². The lowest BCUT2D eigenvalue weighted by Gasteiger charge is -1.86. The molecule has 1 N–H and O–H groups in total. The van der Waals surface area contributed by atoms with Gasteiger partial charge < -0.3 is 4.98 Å². The van der Waals surface area contributed by atoms with Crippen molar-refractivity contribution in [3.05, 3.63) is 28.4 Å². The molecule has 0 aliphatic rings. The van der Waals surface area contributed by atoms with Crippen LogP contribution < -0.4 is 5.69 Å². The molecule has 0 aliphatic heterocycles. The molecule has 5 heteroatoms. The summed E-state index contributed by atoms with van der Waals surface area (Å²) in [7, 11) is 0. The summed E-state index contributed by atoms with van der Waals surface area (Å²) < 4.78 is 0. The van der Waals surface area contributed by atoms with Crippen LogP contribution in [0.4, 0.5) is 0 Å². The summed E-state index contributed by atoms with van der Waals surface area (Å²) in [5.74, 6) is 6.01. The van der Waals surface area contributed by atoms with Gasteiger partial charge in [-0.15, -0.1) is 0 Å². The van der Waals surface area contributed by atoms with Gasteiger partial charge in [-0.25, -0.2) is 9.78 Å². The van der Waals surface area contributed by atoms with Crippen molar-refractivity contribution in [1.29, 1.82) is 0 Å². The molecule has 1 aromatic heterocycles. The fraction of sp³-hybridized carbons (Fsp3) is 0.222. The van der Waals surface area contributed by atoms with Crippen LogP contribution >= 0.6 is 11.8 Å². The summed E-state index contributed by atoms with van der Waals surface area (Å²) in [4.78, 5) is 27.0. The van der Waals surface area contributed by atoms with E-state index in [1.165, 1.54) is 19.3 Å². The number of hydrogen-bond donors (Lipinski definition) is 1. The standard InChI is InChI=1S/C9H8N2O2S/c1-7(12)14-4-2-3-8-5-10-9(13)11-6-8/h5-6H,4H2,1H3,(H,10,11,13). The Morgan fingerprint density at radius 2 is 2.50 bits per heavy atom. The monoisotopic (exact) mass is 208 g/mol. The minimum absolute atomic E-state index is 0.0406. The van der Waals surface area contributed by atoms with Crippen molar-refractivity contribution in [2.45, 2.75) is 6.92 Å². The number of aromatic amines is 1. The maximum atomic E-state index is 10.6. The quantitative estimate of drug-likeness (QED) is 0.679. The minimum atomic E-state index is -0.395. The largest absolute Gasteiger partial charge is 0.344 e. The molecular weight excluding hydrogens is 200 g/mol. The predicted molar refractivity (Wildman–Crippen MR) is 54.9 cm³/mol. The number of nitrogens with one attached hydrogen (secondary N) is 1. The molecule has 0 atom stereocenters. The predicted octanol–water partition coefficient (Wildman–Crippen LogP) is 0.401. The Bertz CT molecular complexity index is 422. The van der Waals surface area contributed by atoms with Crippen molar-refractivity contribution in [2.75, 3.05) is 5.75 Å². The number of aromatic nitrogens is 2. The summed E-state index contributed by atoms with van der Waals surface area (Å²) in [5, 5.41) is 0.0406. The normalized spacial score (nSPS) is 8.93. The first-order valence-corrected chi connectivity index (χ1v) is 4.84. The molecule has 0 aliphatic carbocycles. The van der Waals surface area contributed by atoms with Crippen LogP contribution in [-0.2, 0) is 4.79 Å². The first-order valence-electron chi connectivity index (χ1n) is 3.85. The Kier molecular flexibility index (Phi) is 3.95. The van der Waals surface area contributed by atoms with Crippen molar-refractivity contribution >= 4 is 16.9 Å². The van der Waals surface area contributed by atoms with Gasteiger partial charge in [-0.1, -0.05) is 23.6 Å². The molecule has 4 nitrogen and oxygen atoms in total.